The third kappa shape index (κ3) is 3.53. The van der Waals surface area contributed by atoms with Crippen molar-refractivity contribution in [3.05, 3.63) is 24.3 Å². The first-order chi connectivity index (χ1) is 9.11. The number of sulfonamides is 1. The first-order valence-electron chi connectivity index (χ1n) is 5.85. The molecule has 6 nitrogen and oxygen atoms in total. The number of primary sulfonamides is 1. The molecule has 0 heterocycles. The fourth-order valence-corrected chi connectivity index (χ4v) is 2.26. The van der Waals surface area contributed by atoms with Gasteiger partial charge in [-0.3, -0.25) is 4.79 Å². The largest absolute Gasteiger partial charge is 0.392 e. The van der Waals surface area contributed by atoms with E-state index in [4.69, 9.17) is 23.1 Å². The predicted octanol–water partition coefficient (Wildman–Crippen LogP) is 0.975. The molecule has 110 valence electrons. The van der Waals surface area contributed by atoms with Crippen LogP contribution in [0.15, 0.2) is 29.2 Å². The van der Waals surface area contributed by atoms with Crippen molar-refractivity contribution in [2.75, 3.05) is 5.32 Å². The zero-order chi connectivity index (χ0) is 15.6. The average molecular weight is 315 g/mol. The van der Waals surface area contributed by atoms with Gasteiger partial charge in [0.25, 0.3) is 0 Å². The number of thiocarbonyl (C=S) groups is 1. The zero-order valence-corrected chi connectivity index (χ0v) is 12.8. The summed E-state index contributed by atoms with van der Waals surface area (Å²) in [7, 11) is -3.82. The van der Waals surface area contributed by atoms with E-state index in [0.29, 0.717) is 12.1 Å². The summed E-state index contributed by atoms with van der Waals surface area (Å²) in [6.45, 7) is 3.42. The van der Waals surface area contributed by atoms with Crippen LogP contribution in [0, 0.1) is 5.41 Å². The maximum absolute atomic E-state index is 12.2. The second-order valence-corrected chi connectivity index (χ2v) is 6.58. The molecule has 0 aromatic heterocycles. The maximum Gasteiger partial charge on any atom is 0.238 e. The van der Waals surface area contributed by atoms with Gasteiger partial charge in [0.05, 0.1) is 15.3 Å². The number of nitrogens with two attached hydrogens (primary N) is 2. The summed E-state index contributed by atoms with van der Waals surface area (Å²) in [6.07, 6.45) is 0.434. The Morgan fingerprint density at radius 3 is 2.50 bits per heavy atom. The van der Waals surface area contributed by atoms with Crippen molar-refractivity contribution < 1.29 is 13.2 Å². The molecule has 0 saturated heterocycles. The quantitative estimate of drug-likeness (QED) is 0.700. The van der Waals surface area contributed by atoms with E-state index in [-0.39, 0.29) is 15.8 Å². The van der Waals surface area contributed by atoms with Crippen molar-refractivity contribution in [2.45, 2.75) is 25.2 Å². The van der Waals surface area contributed by atoms with Gasteiger partial charge in [0.15, 0.2) is 0 Å². The van der Waals surface area contributed by atoms with Gasteiger partial charge < -0.3 is 11.1 Å². The van der Waals surface area contributed by atoms with Crippen LogP contribution in [0.2, 0.25) is 0 Å². The first kappa shape index (κ1) is 16.5. The molecule has 20 heavy (non-hydrogen) atoms. The third-order valence-corrected chi connectivity index (χ3v) is 4.53. The van der Waals surface area contributed by atoms with Crippen LogP contribution in [0.25, 0.3) is 0 Å². The average Bonchev–Trinajstić information content (AvgIpc) is 2.36. The second-order valence-electron chi connectivity index (χ2n) is 4.58. The Kier molecular flexibility index (Phi) is 4.85. The summed E-state index contributed by atoms with van der Waals surface area (Å²) in [5.41, 5.74) is 4.91. The van der Waals surface area contributed by atoms with Crippen molar-refractivity contribution in [3.8, 4) is 0 Å². The minimum absolute atomic E-state index is 0.0798. The van der Waals surface area contributed by atoms with E-state index in [0.717, 1.165) is 0 Å². The number of carbonyl (C=O) groups is 1. The lowest BCUT2D eigenvalue weighted by atomic mass is 9.86. The van der Waals surface area contributed by atoms with Gasteiger partial charge in [-0.25, -0.2) is 13.6 Å². The van der Waals surface area contributed by atoms with Gasteiger partial charge in [-0.15, -0.1) is 0 Å². The van der Waals surface area contributed by atoms with Crippen molar-refractivity contribution in [1.82, 2.24) is 0 Å². The van der Waals surface area contributed by atoms with Crippen LogP contribution in [-0.2, 0) is 14.8 Å². The molecule has 1 atom stereocenters. The molecular weight excluding hydrogens is 298 g/mol. The van der Waals surface area contributed by atoms with Crippen LogP contribution >= 0.6 is 12.2 Å². The standard InChI is InChI=1S/C12H17N3O3S2/c1-3-12(2,10(13)19)11(16)15-8-5-4-6-9(7-8)20(14,17)18/h4-7H,3H2,1-2H3,(H2,13,19)(H,15,16)(H2,14,17,18). The topological polar surface area (TPSA) is 115 Å². The minimum atomic E-state index is -3.82. The van der Waals surface area contributed by atoms with Crippen molar-refractivity contribution in [1.29, 1.82) is 0 Å². The van der Waals surface area contributed by atoms with Gasteiger partial charge in [0.1, 0.15) is 0 Å². The van der Waals surface area contributed by atoms with Crippen LogP contribution in [0.1, 0.15) is 20.3 Å². The summed E-state index contributed by atoms with van der Waals surface area (Å²) < 4.78 is 22.5. The van der Waals surface area contributed by atoms with E-state index in [1.807, 2.05) is 0 Å². The molecule has 0 bridgehead atoms. The number of hydrogen-bond donors (Lipinski definition) is 3. The Morgan fingerprint density at radius 2 is 2.05 bits per heavy atom. The number of amides is 1. The van der Waals surface area contributed by atoms with Crippen molar-refractivity contribution in [2.24, 2.45) is 16.3 Å². The van der Waals surface area contributed by atoms with Gasteiger partial charge in [-0.2, -0.15) is 0 Å². The van der Waals surface area contributed by atoms with Gasteiger partial charge >= 0.3 is 0 Å². The van der Waals surface area contributed by atoms with E-state index in [2.05, 4.69) is 5.32 Å². The Labute approximate surface area is 123 Å². The van der Waals surface area contributed by atoms with E-state index < -0.39 is 15.4 Å². The summed E-state index contributed by atoms with van der Waals surface area (Å²) in [4.78, 5) is 12.2. The van der Waals surface area contributed by atoms with E-state index in [9.17, 15) is 13.2 Å². The Bertz CT molecular complexity index is 643. The maximum atomic E-state index is 12.2. The van der Waals surface area contributed by atoms with E-state index in [1.165, 1.54) is 18.2 Å². The molecule has 0 saturated carbocycles. The summed E-state index contributed by atoms with van der Waals surface area (Å²) >= 11 is 4.91. The highest BCUT2D eigenvalue weighted by atomic mass is 32.2. The minimum Gasteiger partial charge on any atom is -0.392 e. The normalized spacial score (nSPS) is 14.3. The fourth-order valence-electron chi connectivity index (χ4n) is 1.47. The molecule has 0 aliphatic rings. The van der Waals surface area contributed by atoms with Gasteiger partial charge in [-0.1, -0.05) is 25.2 Å². The lowest BCUT2D eigenvalue weighted by Gasteiger charge is -2.25. The molecule has 0 aliphatic heterocycles. The number of carbonyl (C=O) groups excluding carboxylic acids is 1. The lowest BCUT2D eigenvalue weighted by Crippen LogP contribution is -2.43. The van der Waals surface area contributed by atoms with Gasteiger partial charge in [0, 0.05) is 5.69 Å². The number of hydrogen-bond acceptors (Lipinski definition) is 4. The molecule has 5 N–H and O–H groups in total. The molecule has 8 heteroatoms. The number of benzene rings is 1. The molecule has 0 fully saturated rings. The summed E-state index contributed by atoms with van der Waals surface area (Å²) in [6, 6.07) is 5.67. The molecule has 0 spiro atoms. The molecule has 0 radical (unpaired) electrons. The SMILES string of the molecule is CCC(C)(C(=O)Nc1cccc(S(N)(=O)=O)c1)C(N)=S. The van der Waals surface area contributed by atoms with Crippen LogP contribution in [-0.4, -0.2) is 19.3 Å². The summed E-state index contributed by atoms with van der Waals surface area (Å²) in [5.74, 6) is -0.390. The van der Waals surface area contributed by atoms with Crippen LogP contribution in [0.3, 0.4) is 0 Å². The van der Waals surface area contributed by atoms with Gasteiger partial charge in [-0.05, 0) is 31.5 Å². The number of anilines is 1. The van der Waals surface area contributed by atoms with Gasteiger partial charge in [0.2, 0.25) is 15.9 Å². The summed E-state index contributed by atoms with van der Waals surface area (Å²) in [5, 5.41) is 7.64. The second kappa shape index (κ2) is 5.86. The number of rotatable bonds is 5. The van der Waals surface area contributed by atoms with Crippen molar-refractivity contribution in [3.63, 3.8) is 0 Å². The van der Waals surface area contributed by atoms with E-state index in [1.54, 1.807) is 19.9 Å². The molecule has 1 aromatic rings. The molecule has 1 unspecified atom stereocenters. The number of nitrogens with one attached hydrogen (secondary N) is 1. The fraction of sp³-hybridized carbons (Fsp3) is 0.333. The highest BCUT2D eigenvalue weighted by Gasteiger charge is 2.34. The first-order valence-corrected chi connectivity index (χ1v) is 7.81. The molecule has 1 rings (SSSR count). The molecule has 1 aromatic carbocycles. The smallest absolute Gasteiger partial charge is 0.238 e. The van der Waals surface area contributed by atoms with Crippen LogP contribution in [0.5, 0.6) is 0 Å². The van der Waals surface area contributed by atoms with Crippen molar-refractivity contribution >= 4 is 38.8 Å². The van der Waals surface area contributed by atoms with Crippen LogP contribution < -0.4 is 16.2 Å². The molecule has 1 amide bonds. The third-order valence-electron chi connectivity index (χ3n) is 3.17. The van der Waals surface area contributed by atoms with E-state index >= 15 is 0 Å². The molecule has 0 aliphatic carbocycles. The highest BCUT2D eigenvalue weighted by molar-refractivity contribution is 7.89. The zero-order valence-electron chi connectivity index (χ0n) is 11.2. The highest BCUT2D eigenvalue weighted by Crippen LogP contribution is 2.24. The monoisotopic (exact) mass is 315 g/mol. The molecular formula is C12H17N3O3S2. The Balaban J connectivity index is 3.06. The Hall–Kier alpha value is -1.51. The van der Waals surface area contributed by atoms with Crippen LogP contribution in [0.4, 0.5) is 5.69 Å². The Morgan fingerprint density at radius 1 is 1.45 bits per heavy atom. The lowest BCUT2D eigenvalue weighted by molar-refractivity contribution is -0.121. The predicted molar refractivity (Wildman–Crippen MR) is 81.6 cm³/mol.